The molecule has 21 heavy (non-hydrogen) atoms. The Balaban J connectivity index is 1.59. The molecular formula is C18H29N3. The molecule has 2 aliphatic rings. The minimum Gasteiger partial charge on any atom is -0.357 e. The van der Waals surface area contributed by atoms with Crippen molar-refractivity contribution in [3.8, 4) is 0 Å². The third kappa shape index (κ3) is 3.76. The number of nitrogens with one attached hydrogen (secondary N) is 1. The van der Waals surface area contributed by atoms with Crippen LogP contribution in [0.2, 0.25) is 0 Å². The number of hydrogen-bond donors (Lipinski definition) is 1. The second-order valence-corrected chi connectivity index (χ2v) is 7.14. The van der Waals surface area contributed by atoms with Crippen molar-refractivity contribution < 1.29 is 0 Å². The zero-order valence-corrected chi connectivity index (χ0v) is 13.7. The summed E-state index contributed by atoms with van der Waals surface area (Å²) in [5, 5.41) is 3.58. The van der Waals surface area contributed by atoms with E-state index >= 15 is 0 Å². The summed E-state index contributed by atoms with van der Waals surface area (Å²) in [6, 6.07) is 5.24. The number of aryl methyl sites for hydroxylation is 1. The highest BCUT2D eigenvalue weighted by atomic mass is 15.2. The third-order valence-electron chi connectivity index (χ3n) is 5.15. The van der Waals surface area contributed by atoms with Gasteiger partial charge in [-0.3, -0.25) is 0 Å². The molecule has 3 rings (SSSR count). The lowest BCUT2D eigenvalue weighted by Crippen LogP contribution is -2.35. The third-order valence-corrected chi connectivity index (χ3v) is 5.15. The summed E-state index contributed by atoms with van der Waals surface area (Å²) in [5.41, 5.74) is 2.54. The first kappa shape index (κ1) is 14.8. The van der Waals surface area contributed by atoms with Crippen LogP contribution in [0.5, 0.6) is 0 Å². The van der Waals surface area contributed by atoms with Gasteiger partial charge < -0.3 is 10.2 Å². The fraction of sp³-hybridized carbons (Fsp3) is 0.722. The summed E-state index contributed by atoms with van der Waals surface area (Å²) in [4.78, 5) is 7.31. The van der Waals surface area contributed by atoms with Gasteiger partial charge in [-0.25, -0.2) is 4.98 Å². The Labute approximate surface area is 129 Å². The van der Waals surface area contributed by atoms with Crippen molar-refractivity contribution in [2.24, 2.45) is 11.8 Å². The molecule has 0 amide bonds. The van der Waals surface area contributed by atoms with Gasteiger partial charge in [-0.1, -0.05) is 19.9 Å². The molecule has 1 N–H and O–H groups in total. The predicted octanol–water partition coefficient (Wildman–Crippen LogP) is 3.51. The summed E-state index contributed by atoms with van der Waals surface area (Å²) in [6.45, 7) is 10.1. The van der Waals surface area contributed by atoms with E-state index in [1.54, 1.807) is 0 Å². The maximum Gasteiger partial charge on any atom is 0.128 e. The topological polar surface area (TPSA) is 28.2 Å². The molecule has 1 saturated carbocycles. The van der Waals surface area contributed by atoms with Crippen molar-refractivity contribution in [3.05, 3.63) is 23.4 Å². The molecule has 2 heterocycles. The molecular weight excluding hydrogens is 258 g/mol. The predicted molar refractivity (Wildman–Crippen MR) is 88.6 cm³/mol. The average Bonchev–Trinajstić information content (AvgIpc) is 3.30. The van der Waals surface area contributed by atoms with Crippen LogP contribution in [0.4, 0.5) is 5.82 Å². The lowest BCUT2D eigenvalue weighted by Gasteiger charge is -2.34. The van der Waals surface area contributed by atoms with Crippen molar-refractivity contribution in [1.29, 1.82) is 0 Å². The molecule has 0 radical (unpaired) electrons. The van der Waals surface area contributed by atoms with Crippen LogP contribution < -0.4 is 10.2 Å². The zero-order chi connectivity index (χ0) is 14.8. The Hall–Kier alpha value is -1.09. The summed E-state index contributed by atoms with van der Waals surface area (Å²) < 4.78 is 0. The maximum atomic E-state index is 4.85. The molecule has 0 unspecified atom stereocenters. The van der Waals surface area contributed by atoms with Crippen molar-refractivity contribution in [2.45, 2.75) is 59.0 Å². The lowest BCUT2D eigenvalue weighted by molar-refractivity contribution is 0.310. The van der Waals surface area contributed by atoms with Crippen LogP contribution in [0.15, 0.2) is 12.1 Å². The van der Waals surface area contributed by atoms with E-state index in [0.29, 0.717) is 0 Å². The van der Waals surface area contributed by atoms with Gasteiger partial charge >= 0.3 is 0 Å². The molecule has 3 heteroatoms. The fourth-order valence-corrected chi connectivity index (χ4v) is 3.28. The monoisotopic (exact) mass is 287 g/mol. The fourth-order valence-electron chi connectivity index (χ4n) is 3.28. The molecule has 1 aromatic rings. The van der Waals surface area contributed by atoms with Crippen LogP contribution in [0, 0.1) is 18.8 Å². The van der Waals surface area contributed by atoms with Crippen LogP contribution in [-0.2, 0) is 6.54 Å². The van der Waals surface area contributed by atoms with Crippen LogP contribution in [-0.4, -0.2) is 24.1 Å². The average molecular weight is 287 g/mol. The largest absolute Gasteiger partial charge is 0.357 e. The van der Waals surface area contributed by atoms with Gasteiger partial charge in [0.1, 0.15) is 5.82 Å². The molecule has 1 aromatic heterocycles. The Morgan fingerprint density at radius 2 is 1.90 bits per heavy atom. The Bertz CT molecular complexity index is 471. The smallest absolute Gasteiger partial charge is 0.128 e. The van der Waals surface area contributed by atoms with Gasteiger partial charge in [0.2, 0.25) is 0 Å². The normalized spacial score (nSPS) is 20.3. The second kappa shape index (κ2) is 6.35. The molecule has 116 valence electrons. The number of nitrogens with zero attached hydrogens (tertiary/aromatic N) is 2. The van der Waals surface area contributed by atoms with Crippen molar-refractivity contribution in [3.63, 3.8) is 0 Å². The van der Waals surface area contributed by atoms with Gasteiger partial charge in [-0.05, 0) is 56.1 Å². The highest BCUT2D eigenvalue weighted by Crippen LogP contribution is 2.27. The maximum absolute atomic E-state index is 4.85. The van der Waals surface area contributed by atoms with E-state index in [1.807, 2.05) is 0 Å². The van der Waals surface area contributed by atoms with Crippen LogP contribution in [0.25, 0.3) is 0 Å². The summed E-state index contributed by atoms with van der Waals surface area (Å²) in [5.74, 6) is 2.88. The van der Waals surface area contributed by atoms with E-state index in [-0.39, 0.29) is 0 Å². The quantitative estimate of drug-likeness (QED) is 0.898. The van der Waals surface area contributed by atoms with E-state index in [1.165, 1.54) is 42.8 Å². The molecule has 1 aliphatic heterocycles. The Morgan fingerprint density at radius 3 is 2.48 bits per heavy atom. The molecule has 0 spiro atoms. The first-order valence-electron chi connectivity index (χ1n) is 8.58. The molecule has 0 aromatic carbocycles. The van der Waals surface area contributed by atoms with Crippen LogP contribution >= 0.6 is 0 Å². The number of anilines is 1. The van der Waals surface area contributed by atoms with Gasteiger partial charge in [0.25, 0.3) is 0 Å². The first-order chi connectivity index (χ1) is 10.1. The summed E-state index contributed by atoms with van der Waals surface area (Å²) in [6.07, 6.45) is 5.30. The van der Waals surface area contributed by atoms with Gasteiger partial charge in [-0.2, -0.15) is 0 Å². The molecule has 0 atom stereocenters. The molecule has 1 saturated heterocycles. The van der Waals surface area contributed by atoms with Gasteiger partial charge in [0, 0.05) is 31.4 Å². The summed E-state index contributed by atoms with van der Waals surface area (Å²) >= 11 is 0. The number of rotatable bonds is 5. The van der Waals surface area contributed by atoms with Crippen molar-refractivity contribution >= 4 is 5.82 Å². The van der Waals surface area contributed by atoms with E-state index in [0.717, 1.165) is 37.5 Å². The van der Waals surface area contributed by atoms with E-state index in [2.05, 4.69) is 43.1 Å². The van der Waals surface area contributed by atoms with E-state index < -0.39 is 0 Å². The van der Waals surface area contributed by atoms with Crippen LogP contribution in [0.1, 0.15) is 50.8 Å². The minimum atomic E-state index is 0.763. The Morgan fingerprint density at radius 1 is 1.19 bits per heavy atom. The molecule has 3 nitrogen and oxygen atoms in total. The van der Waals surface area contributed by atoms with Gasteiger partial charge in [0.15, 0.2) is 0 Å². The second-order valence-electron chi connectivity index (χ2n) is 7.14. The highest BCUT2D eigenvalue weighted by molar-refractivity contribution is 5.42. The number of aromatic nitrogens is 1. The van der Waals surface area contributed by atoms with E-state index in [4.69, 9.17) is 4.98 Å². The number of piperidine rings is 1. The summed E-state index contributed by atoms with van der Waals surface area (Å²) in [7, 11) is 0. The van der Waals surface area contributed by atoms with Gasteiger partial charge in [-0.15, -0.1) is 0 Å². The van der Waals surface area contributed by atoms with Crippen molar-refractivity contribution in [2.75, 3.05) is 18.0 Å². The SMILES string of the molecule is Cc1nc(N2CCC(C(C)C)CC2)ccc1CNC1CC1. The van der Waals surface area contributed by atoms with Crippen molar-refractivity contribution in [1.82, 2.24) is 10.3 Å². The lowest BCUT2D eigenvalue weighted by atomic mass is 9.87. The minimum absolute atomic E-state index is 0.763. The first-order valence-corrected chi connectivity index (χ1v) is 8.58. The van der Waals surface area contributed by atoms with Gasteiger partial charge in [0.05, 0.1) is 0 Å². The standard InChI is InChI=1S/C18H29N3/c1-13(2)15-8-10-21(11-9-15)18-7-4-16(14(3)20-18)12-19-17-5-6-17/h4,7,13,15,17,19H,5-6,8-12H2,1-3H3. The highest BCUT2D eigenvalue weighted by Gasteiger charge is 2.23. The number of hydrogen-bond acceptors (Lipinski definition) is 3. The van der Waals surface area contributed by atoms with Crippen LogP contribution in [0.3, 0.4) is 0 Å². The zero-order valence-electron chi connectivity index (χ0n) is 13.7. The van der Waals surface area contributed by atoms with E-state index in [9.17, 15) is 0 Å². The molecule has 1 aliphatic carbocycles. The molecule has 2 fully saturated rings. The molecule has 0 bridgehead atoms. The Kier molecular flexibility index (Phi) is 4.48. The number of pyridine rings is 1.